The first-order valence-corrected chi connectivity index (χ1v) is 10.8. The molecular weight excluding hydrogens is 461 g/mol. The molecule has 188 valence electrons. The van der Waals surface area contributed by atoms with Crippen LogP contribution in [0.1, 0.15) is 23.3 Å². The third-order valence-electron chi connectivity index (χ3n) is 5.01. The van der Waals surface area contributed by atoms with Gasteiger partial charge in [0.2, 0.25) is 5.95 Å². The number of benzene rings is 1. The van der Waals surface area contributed by atoms with Gasteiger partial charge in [0.05, 0.1) is 0 Å². The second-order valence-corrected chi connectivity index (χ2v) is 7.65. The average molecular weight is 490 g/mol. The van der Waals surface area contributed by atoms with Crippen LogP contribution in [0.2, 0.25) is 0 Å². The Morgan fingerprint density at radius 1 is 1.14 bits per heavy atom. The zero-order valence-corrected chi connectivity index (χ0v) is 19.2. The monoisotopic (exact) mass is 489 g/mol. The SMILES string of the molecule is CN(CCN1CCC(Oc2ccc(F)cc2)CC1)c1nccc(C(N)=O)n1.O=C(O)/C=C/C(=O)O. The summed E-state index contributed by atoms with van der Waals surface area (Å²) in [6, 6.07) is 7.66. The van der Waals surface area contributed by atoms with E-state index in [4.69, 9.17) is 20.7 Å². The second-order valence-electron chi connectivity index (χ2n) is 7.65. The minimum absolute atomic E-state index is 0.153. The minimum Gasteiger partial charge on any atom is -0.490 e. The predicted molar refractivity (Wildman–Crippen MR) is 125 cm³/mol. The van der Waals surface area contributed by atoms with Gasteiger partial charge in [0.25, 0.3) is 5.91 Å². The number of aromatic nitrogens is 2. The number of likely N-dealkylation sites (tertiary alicyclic amines) is 1. The first-order chi connectivity index (χ1) is 16.6. The third kappa shape index (κ3) is 10.2. The van der Waals surface area contributed by atoms with Crippen LogP contribution >= 0.6 is 0 Å². The molecule has 1 aliphatic heterocycles. The van der Waals surface area contributed by atoms with Crippen molar-refractivity contribution in [2.24, 2.45) is 5.73 Å². The highest BCUT2D eigenvalue weighted by Gasteiger charge is 2.21. The maximum Gasteiger partial charge on any atom is 0.328 e. The van der Waals surface area contributed by atoms with Crippen LogP contribution in [-0.4, -0.2) is 82.3 Å². The van der Waals surface area contributed by atoms with Gasteiger partial charge in [0.15, 0.2) is 0 Å². The fourth-order valence-corrected chi connectivity index (χ4v) is 3.16. The molecule has 35 heavy (non-hydrogen) atoms. The van der Waals surface area contributed by atoms with Crippen molar-refractivity contribution in [3.63, 3.8) is 0 Å². The smallest absolute Gasteiger partial charge is 0.328 e. The van der Waals surface area contributed by atoms with Crippen LogP contribution in [-0.2, 0) is 9.59 Å². The third-order valence-corrected chi connectivity index (χ3v) is 5.01. The molecule has 1 fully saturated rings. The molecule has 0 atom stereocenters. The summed E-state index contributed by atoms with van der Waals surface area (Å²) in [5.74, 6) is -2.14. The first kappa shape index (κ1) is 27.2. The summed E-state index contributed by atoms with van der Waals surface area (Å²) >= 11 is 0. The Morgan fingerprint density at radius 2 is 1.74 bits per heavy atom. The number of ether oxygens (including phenoxy) is 1. The van der Waals surface area contributed by atoms with E-state index in [-0.39, 0.29) is 17.6 Å². The maximum absolute atomic E-state index is 13.0. The number of carboxylic acids is 2. The summed E-state index contributed by atoms with van der Waals surface area (Å²) in [5, 5.41) is 15.6. The Balaban J connectivity index is 0.000000466. The summed E-state index contributed by atoms with van der Waals surface area (Å²) in [7, 11) is 1.89. The Bertz CT molecular complexity index is 1010. The van der Waals surface area contributed by atoms with Crippen molar-refractivity contribution in [3.8, 4) is 5.75 Å². The molecule has 12 heteroatoms. The molecular formula is C23H28FN5O6. The quantitative estimate of drug-likeness (QED) is 0.440. The number of likely N-dealkylation sites (N-methyl/N-ethyl adjacent to an activating group) is 1. The molecule has 1 aromatic heterocycles. The fraction of sp³-hybridized carbons (Fsp3) is 0.348. The van der Waals surface area contributed by atoms with Gasteiger partial charge in [0.1, 0.15) is 23.4 Å². The number of carbonyl (C=O) groups is 3. The van der Waals surface area contributed by atoms with Gasteiger partial charge in [-0.3, -0.25) is 4.79 Å². The predicted octanol–water partition coefficient (Wildman–Crippen LogP) is 1.41. The molecule has 4 N–H and O–H groups in total. The molecule has 1 aliphatic rings. The molecule has 0 spiro atoms. The topological polar surface area (TPSA) is 159 Å². The average Bonchev–Trinajstić information content (AvgIpc) is 2.84. The highest BCUT2D eigenvalue weighted by atomic mass is 19.1. The zero-order chi connectivity index (χ0) is 25.8. The minimum atomic E-state index is -1.26. The normalized spacial score (nSPS) is 14.1. The molecule has 2 heterocycles. The largest absolute Gasteiger partial charge is 0.490 e. The zero-order valence-electron chi connectivity index (χ0n) is 19.2. The second kappa shape index (κ2) is 13.6. The van der Waals surface area contributed by atoms with Crippen molar-refractivity contribution in [1.29, 1.82) is 0 Å². The summed E-state index contributed by atoms with van der Waals surface area (Å²) in [6.45, 7) is 3.47. The standard InChI is InChI=1S/C19H24FN5O2.C4H4O4/c1-24(19-22-9-6-17(23-19)18(21)26)12-13-25-10-7-16(8-11-25)27-15-4-2-14(20)3-5-15;5-3(6)1-2-4(7)8/h2-6,9,16H,7-8,10-13H2,1H3,(H2,21,26);1-2H,(H,5,6)(H,7,8)/b;2-1+. The number of primary amides is 1. The van der Waals surface area contributed by atoms with E-state index in [1.807, 2.05) is 11.9 Å². The molecule has 11 nitrogen and oxygen atoms in total. The number of rotatable bonds is 9. The van der Waals surface area contributed by atoms with Gasteiger partial charge in [-0.05, 0) is 43.2 Å². The number of amides is 1. The molecule has 1 amide bonds. The number of nitrogens with two attached hydrogens (primary N) is 1. The van der Waals surface area contributed by atoms with E-state index in [0.717, 1.165) is 39.0 Å². The lowest BCUT2D eigenvalue weighted by Gasteiger charge is -2.33. The van der Waals surface area contributed by atoms with Crippen LogP contribution < -0.4 is 15.4 Å². The summed E-state index contributed by atoms with van der Waals surface area (Å²) in [4.78, 5) is 43.0. The number of anilines is 1. The number of nitrogens with zero attached hydrogens (tertiary/aromatic N) is 4. The van der Waals surface area contributed by atoms with Gasteiger partial charge in [-0.1, -0.05) is 0 Å². The molecule has 0 radical (unpaired) electrons. The summed E-state index contributed by atoms with van der Waals surface area (Å²) in [5.41, 5.74) is 5.48. The van der Waals surface area contributed by atoms with Crippen molar-refractivity contribution in [2.45, 2.75) is 18.9 Å². The Hall–Kier alpha value is -4.06. The van der Waals surface area contributed by atoms with Gasteiger partial charge in [-0.15, -0.1) is 0 Å². The van der Waals surface area contributed by atoms with Crippen LogP contribution in [0, 0.1) is 5.82 Å². The summed E-state index contributed by atoms with van der Waals surface area (Å²) in [6.07, 6.45) is 4.66. The van der Waals surface area contributed by atoms with Crippen LogP contribution in [0.15, 0.2) is 48.7 Å². The van der Waals surface area contributed by atoms with Crippen molar-refractivity contribution < 1.29 is 33.7 Å². The molecule has 0 saturated carbocycles. The first-order valence-electron chi connectivity index (χ1n) is 10.8. The fourth-order valence-electron chi connectivity index (χ4n) is 3.16. The van der Waals surface area contributed by atoms with E-state index in [9.17, 15) is 18.8 Å². The number of carbonyl (C=O) groups excluding carboxylic acids is 1. The van der Waals surface area contributed by atoms with E-state index in [2.05, 4.69) is 14.9 Å². The van der Waals surface area contributed by atoms with E-state index >= 15 is 0 Å². The van der Waals surface area contributed by atoms with E-state index in [1.165, 1.54) is 24.4 Å². The molecule has 1 saturated heterocycles. The number of carboxylic acid groups (broad SMARTS) is 2. The van der Waals surface area contributed by atoms with Gasteiger partial charge in [-0.2, -0.15) is 0 Å². The van der Waals surface area contributed by atoms with Gasteiger partial charge < -0.3 is 30.5 Å². The number of aliphatic carboxylic acids is 2. The lowest BCUT2D eigenvalue weighted by Crippen LogP contribution is -2.42. The molecule has 1 aromatic carbocycles. The van der Waals surface area contributed by atoms with Gasteiger partial charge >= 0.3 is 11.9 Å². The lowest BCUT2D eigenvalue weighted by molar-refractivity contribution is -0.134. The highest BCUT2D eigenvalue weighted by molar-refractivity contribution is 5.91. The van der Waals surface area contributed by atoms with E-state index < -0.39 is 17.8 Å². The highest BCUT2D eigenvalue weighted by Crippen LogP contribution is 2.19. The van der Waals surface area contributed by atoms with Gasteiger partial charge in [0, 0.05) is 51.6 Å². The van der Waals surface area contributed by atoms with Crippen LogP contribution in [0.25, 0.3) is 0 Å². The van der Waals surface area contributed by atoms with Crippen molar-refractivity contribution >= 4 is 23.8 Å². The Kier molecular flexibility index (Phi) is 10.6. The van der Waals surface area contributed by atoms with Crippen molar-refractivity contribution in [1.82, 2.24) is 14.9 Å². The Morgan fingerprint density at radius 3 is 2.29 bits per heavy atom. The number of hydrogen-bond donors (Lipinski definition) is 3. The number of piperidine rings is 1. The van der Waals surface area contributed by atoms with Crippen molar-refractivity contribution in [3.05, 3.63) is 60.2 Å². The van der Waals surface area contributed by atoms with E-state index in [1.54, 1.807) is 12.1 Å². The lowest BCUT2D eigenvalue weighted by atomic mass is 10.1. The maximum atomic E-state index is 13.0. The molecule has 0 bridgehead atoms. The summed E-state index contributed by atoms with van der Waals surface area (Å²) < 4.78 is 18.9. The van der Waals surface area contributed by atoms with Crippen LogP contribution in [0.3, 0.4) is 0 Å². The Labute approximate surface area is 201 Å². The molecule has 3 rings (SSSR count). The number of halogens is 1. The number of hydrogen-bond acceptors (Lipinski definition) is 8. The molecule has 2 aromatic rings. The van der Waals surface area contributed by atoms with Crippen LogP contribution in [0.5, 0.6) is 5.75 Å². The van der Waals surface area contributed by atoms with Crippen molar-refractivity contribution in [2.75, 3.05) is 38.1 Å². The molecule has 0 aliphatic carbocycles. The van der Waals surface area contributed by atoms with E-state index in [0.29, 0.717) is 23.8 Å². The molecule has 0 unspecified atom stereocenters. The van der Waals surface area contributed by atoms with Gasteiger partial charge in [-0.25, -0.2) is 23.9 Å². The van der Waals surface area contributed by atoms with Crippen LogP contribution in [0.4, 0.5) is 10.3 Å².